The third-order valence-electron chi connectivity index (χ3n) is 2.77. The number of aryl methyl sites for hydroxylation is 1. The molecule has 2 rings (SSSR count). The van der Waals surface area contributed by atoms with Crippen LogP contribution in [0.4, 0.5) is 0 Å². The van der Waals surface area contributed by atoms with E-state index in [2.05, 4.69) is 0 Å². The third kappa shape index (κ3) is 2.92. The van der Waals surface area contributed by atoms with Crippen LogP contribution in [0.3, 0.4) is 0 Å². The molecule has 0 aliphatic carbocycles. The summed E-state index contributed by atoms with van der Waals surface area (Å²) in [5.41, 5.74) is 2.42. The Kier molecular flexibility index (Phi) is 4.05. The van der Waals surface area contributed by atoms with E-state index < -0.39 is 0 Å². The Balaban J connectivity index is 2.22. The van der Waals surface area contributed by atoms with Crippen molar-refractivity contribution in [3.8, 4) is 0 Å². The molecular weight excluding hydrogens is 267 g/mol. The van der Waals surface area contributed by atoms with Gasteiger partial charge in [0.25, 0.3) is 0 Å². The summed E-state index contributed by atoms with van der Waals surface area (Å²) < 4.78 is 0. The molecule has 1 nitrogen and oxygen atoms in total. The molecule has 0 unspecified atom stereocenters. The van der Waals surface area contributed by atoms with E-state index >= 15 is 0 Å². The molecule has 0 fully saturated rings. The number of ketones is 1. The molecule has 0 saturated heterocycles. The van der Waals surface area contributed by atoms with Crippen molar-refractivity contribution in [3.05, 3.63) is 69.2 Å². The van der Waals surface area contributed by atoms with Crippen LogP contribution in [0.5, 0.6) is 0 Å². The normalized spacial score (nSPS) is 10.4. The van der Waals surface area contributed by atoms with Crippen LogP contribution < -0.4 is 0 Å². The minimum Gasteiger partial charge on any atom is -0.294 e. The Morgan fingerprint density at radius 3 is 2.39 bits per heavy atom. The molecule has 0 aliphatic heterocycles. The van der Waals surface area contributed by atoms with E-state index in [4.69, 9.17) is 23.2 Å². The lowest BCUT2D eigenvalue weighted by molar-refractivity contribution is 0.0993. The van der Waals surface area contributed by atoms with Gasteiger partial charge in [-0.15, -0.1) is 0 Å². The van der Waals surface area contributed by atoms with Crippen molar-refractivity contribution >= 4 is 29.0 Å². The number of Topliss-reactive ketones (excluding diaryl/α,β-unsaturated/α-hetero) is 1. The number of rotatable bonds is 3. The average molecular weight is 279 g/mol. The molecule has 92 valence electrons. The molecule has 3 heteroatoms. The van der Waals surface area contributed by atoms with Gasteiger partial charge in [-0.2, -0.15) is 0 Å². The van der Waals surface area contributed by atoms with E-state index in [0.717, 1.165) is 11.1 Å². The van der Waals surface area contributed by atoms with Gasteiger partial charge in [0.1, 0.15) is 0 Å². The van der Waals surface area contributed by atoms with Gasteiger partial charge in [0.2, 0.25) is 0 Å². The van der Waals surface area contributed by atoms with E-state index in [1.807, 2.05) is 31.2 Å². The lowest BCUT2D eigenvalue weighted by Crippen LogP contribution is -2.04. The zero-order valence-corrected chi connectivity index (χ0v) is 11.4. The molecular formula is C15H12Cl2O. The van der Waals surface area contributed by atoms with Crippen molar-refractivity contribution in [1.29, 1.82) is 0 Å². The number of halogens is 2. The lowest BCUT2D eigenvalue weighted by atomic mass is 10.0. The van der Waals surface area contributed by atoms with Crippen molar-refractivity contribution in [2.45, 2.75) is 13.3 Å². The standard InChI is InChI=1S/C15H12Cl2O/c1-10-3-2-4-13(15(10)17)14(18)9-11-5-7-12(16)8-6-11/h2-8H,9H2,1H3. The summed E-state index contributed by atoms with van der Waals surface area (Å²) in [5.74, 6) is 0.0195. The molecule has 0 amide bonds. The van der Waals surface area contributed by atoms with Crippen LogP contribution in [-0.4, -0.2) is 5.78 Å². The summed E-state index contributed by atoms with van der Waals surface area (Å²) in [6.45, 7) is 1.89. The highest BCUT2D eigenvalue weighted by atomic mass is 35.5. The van der Waals surface area contributed by atoms with Crippen molar-refractivity contribution < 1.29 is 4.79 Å². The van der Waals surface area contributed by atoms with E-state index in [-0.39, 0.29) is 5.78 Å². The SMILES string of the molecule is Cc1cccc(C(=O)Cc2ccc(Cl)cc2)c1Cl. The molecule has 0 saturated carbocycles. The summed E-state index contributed by atoms with van der Waals surface area (Å²) in [7, 11) is 0. The summed E-state index contributed by atoms with van der Waals surface area (Å²) in [4.78, 5) is 12.2. The largest absolute Gasteiger partial charge is 0.294 e. The van der Waals surface area contributed by atoms with Crippen molar-refractivity contribution in [3.63, 3.8) is 0 Å². The van der Waals surface area contributed by atoms with Gasteiger partial charge in [-0.25, -0.2) is 0 Å². The van der Waals surface area contributed by atoms with E-state index in [1.54, 1.807) is 18.2 Å². The summed E-state index contributed by atoms with van der Waals surface area (Å²) in [6.07, 6.45) is 0.334. The van der Waals surface area contributed by atoms with Gasteiger partial charge < -0.3 is 0 Å². The van der Waals surface area contributed by atoms with Crippen LogP contribution in [0.1, 0.15) is 21.5 Å². The first kappa shape index (κ1) is 13.1. The van der Waals surface area contributed by atoms with Crippen LogP contribution >= 0.6 is 23.2 Å². The molecule has 0 bridgehead atoms. The van der Waals surface area contributed by atoms with Gasteiger partial charge in [0.15, 0.2) is 5.78 Å². The molecule has 0 aromatic heterocycles. The number of hydrogen-bond acceptors (Lipinski definition) is 1. The Hall–Kier alpha value is -1.31. The van der Waals surface area contributed by atoms with Gasteiger partial charge in [0, 0.05) is 17.0 Å². The lowest BCUT2D eigenvalue weighted by Gasteiger charge is -2.06. The highest BCUT2D eigenvalue weighted by molar-refractivity contribution is 6.34. The van der Waals surface area contributed by atoms with Crippen LogP contribution in [0.2, 0.25) is 10.0 Å². The van der Waals surface area contributed by atoms with E-state index in [9.17, 15) is 4.79 Å². The fourth-order valence-electron chi connectivity index (χ4n) is 1.75. The molecule has 2 aromatic rings. The predicted octanol–water partition coefficient (Wildman–Crippen LogP) is 4.73. The third-order valence-corrected chi connectivity index (χ3v) is 3.52. The maximum atomic E-state index is 12.2. The second-order valence-electron chi connectivity index (χ2n) is 4.16. The predicted molar refractivity (Wildman–Crippen MR) is 75.7 cm³/mol. The Bertz CT molecular complexity index is 574. The minimum absolute atomic E-state index is 0.0195. The molecule has 0 atom stereocenters. The van der Waals surface area contributed by atoms with Gasteiger partial charge in [-0.1, -0.05) is 47.5 Å². The topological polar surface area (TPSA) is 17.1 Å². The molecule has 0 aliphatic rings. The summed E-state index contributed by atoms with van der Waals surface area (Å²) in [6, 6.07) is 12.8. The fourth-order valence-corrected chi connectivity index (χ4v) is 2.10. The Morgan fingerprint density at radius 2 is 1.72 bits per heavy atom. The summed E-state index contributed by atoms with van der Waals surface area (Å²) in [5, 5.41) is 1.20. The molecule has 0 heterocycles. The smallest absolute Gasteiger partial charge is 0.168 e. The maximum Gasteiger partial charge on any atom is 0.168 e. The molecule has 2 aromatic carbocycles. The van der Waals surface area contributed by atoms with Crippen molar-refractivity contribution in [2.24, 2.45) is 0 Å². The molecule has 0 spiro atoms. The first-order chi connectivity index (χ1) is 8.58. The highest BCUT2D eigenvalue weighted by Crippen LogP contribution is 2.22. The van der Waals surface area contributed by atoms with E-state index in [1.165, 1.54) is 0 Å². The number of hydrogen-bond donors (Lipinski definition) is 0. The van der Waals surface area contributed by atoms with E-state index in [0.29, 0.717) is 22.0 Å². The summed E-state index contributed by atoms with van der Waals surface area (Å²) >= 11 is 11.9. The maximum absolute atomic E-state index is 12.2. The Labute approximate surface area is 116 Å². The van der Waals surface area contributed by atoms with Crippen LogP contribution in [0.25, 0.3) is 0 Å². The number of carbonyl (C=O) groups is 1. The quantitative estimate of drug-likeness (QED) is 0.742. The first-order valence-electron chi connectivity index (χ1n) is 5.60. The van der Waals surface area contributed by atoms with Gasteiger partial charge >= 0.3 is 0 Å². The van der Waals surface area contributed by atoms with Crippen LogP contribution in [0, 0.1) is 6.92 Å². The zero-order valence-electron chi connectivity index (χ0n) is 9.91. The van der Waals surface area contributed by atoms with Crippen LogP contribution in [-0.2, 0) is 6.42 Å². The number of carbonyl (C=O) groups excluding carboxylic acids is 1. The molecule has 18 heavy (non-hydrogen) atoms. The number of benzene rings is 2. The average Bonchev–Trinajstić information content (AvgIpc) is 2.35. The minimum atomic E-state index is 0.0195. The second-order valence-corrected chi connectivity index (χ2v) is 4.98. The Morgan fingerprint density at radius 1 is 1.06 bits per heavy atom. The van der Waals surface area contributed by atoms with Gasteiger partial charge in [-0.3, -0.25) is 4.79 Å². The van der Waals surface area contributed by atoms with Crippen molar-refractivity contribution in [2.75, 3.05) is 0 Å². The zero-order chi connectivity index (χ0) is 13.1. The fraction of sp³-hybridized carbons (Fsp3) is 0.133. The van der Waals surface area contributed by atoms with Gasteiger partial charge in [0.05, 0.1) is 5.02 Å². The first-order valence-corrected chi connectivity index (χ1v) is 6.36. The molecule has 0 radical (unpaired) electrons. The van der Waals surface area contributed by atoms with Crippen molar-refractivity contribution in [1.82, 2.24) is 0 Å². The van der Waals surface area contributed by atoms with Gasteiger partial charge in [-0.05, 0) is 36.2 Å². The monoisotopic (exact) mass is 278 g/mol. The second kappa shape index (κ2) is 5.55. The highest BCUT2D eigenvalue weighted by Gasteiger charge is 2.12. The van der Waals surface area contributed by atoms with Crippen LogP contribution in [0.15, 0.2) is 42.5 Å². The molecule has 0 N–H and O–H groups in total.